The van der Waals surface area contributed by atoms with Crippen LogP contribution in [0.2, 0.25) is 0 Å². The molecule has 1 aliphatic heterocycles. The number of carbonyl (C=O) groups is 2. The third-order valence-corrected chi connectivity index (χ3v) is 5.14. The van der Waals surface area contributed by atoms with Crippen molar-refractivity contribution in [1.82, 2.24) is 4.90 Å². The highest BCUT2D eigenvalue weighted by molar-refractivity contribution is 5.91. The molecule has 1 aromatic carbocycles. The number of hydrogen-bond donors (Lipinski definition) is 1. The molecule has 3 rings (SSSR count). The van der Waals surface area contributed by atoms with Crippen LogP contribution in [-0.4, -0.2) is 42.6 Å². The van der Waals surface area contributed by atoms with Crippen molar-refractivity contribution >= 4 is 17.6 Å². The molecule has 0 aromatic heterocycles. The SMILES string of the molecule is Nc1ccc(C(=O)OC2CCCC2)cc1OCC(=O)N1CCCCCC1. The number of amides is 1. The van der Waals surface area contributed by atoms with Gasteiger partial charge in [-0.05, 0) is 56.7 Å². The van der Waals surface area contributed by atoms with E-state index in [-0.39, 0.29) is 24.6 Å². The molecular weight excluding hydrogens is 332 g/mol. The molecule has 1 aromatic rings. The van der Waals surface area contributed by atoms with Crippen molar-refractivity contribution in [2.45, 2.75) is 57.5 Å². The molecule has 1 saturated carbocycles. The van der Waals surface area contributed by atoms with Crippen molar-refractivity contribution in [3.05, 3.63) is 23.8 Å². The second-order valence-corrected chi connectivity index (χ2v) is 7.15. The first-order valence-electron chi connectivity index (χ1n) is 9.64. The van der Waals surface area contributed by atoms with Crippen molar-refractivity contribution in [3.8, 4) is 5.75 Å². The molecule has 0 bridgehead atoms. The lowest BCUT2D eigenvalue weighted by atomic mass is 10.2. The lowest BCUT2D eigenvalue weighted by molar-refractivity contribution is -0.133. The fourth-order valence-corrected chi connectivity index (χ4v) is 3.56. The van der Waals surface area contributed by atoms with E-state index in [1.54, 1.807) is 18.2 Å². The Hall–Kier alpha value is -2.24. The summed E-state index contributed by atoms with van der Waals surface area (Å²) in [6.45, 7) is 1.50. The number of nitrogens with zero attached hydrogens (tertiary/aromatic N) is 1. The number of likely N-dealkylation sites (tertiary alicyclic amines) is 1. The first kappa shape index (κ1) is 18.5. The van der Waals surface area contributed by atoms with Crippen LogP contribution in [0.1, 0.15) is 61.7 Å². The van der Waals surface area contributed by atoms with E-state index in [1.165, 1.54) is 12.8 Å². The van der Waals surface area contributed by atoms with Crippen molar-refractivity contribution in [2.75, 3.05) is 25.4 Å². The van der Waals surface area contributed by atoms with Crippen LogP contribution >= 0.6 is 0 Å². The molecule has 1 saturated heterocycles. The Morgan fingerprint density at radius 2 is 1.73 bits per heavy atom. The molecule has 6 heteroatoms. The lowest BCUT2D eigenvalue weighted by Crippen LogP contribution is -2.35. The fourth-order valence-electron chi connectivity index (χ4n) is 3.56. The van der Waals surface area contributed by atoms with Gasteiger partial charge in [0.25, 0.3) is 5.91 Å². The second kappa shape index (κ2) is 8.92. The number of hydrogen-bond acceptors (Lipinski definition) is 5. The molecule has 2 N–H and O–H groups in total. The van der Waals surface area contributed by atoms with E-state index >= 15 is 0 Å². The van der Waals surface area contributed by atoms with E-state index in [4.69, 9.17) is 15.2 Å². The molecule has 26 heavy (non-hydrogen) atoms. The molecule has 0 unspecified atom stereocenters. The Bertz CT molecular complexity index is 633. The predicted molar refractivity (Wildman–Crippen MR) is 99.1 cm³/mol. The summed E-state index contributed by atoms with van der Waals surface area (Å²) in [4.78, 5) is 26.5. The summed E-state index contributed by atoms with van der Waals surface area (Å²) in [5, 5.41) is 0. The summed E-state index contributed by atoms with van der Waals surface area (Å²) in [5.74, 6) is -0.0418. The number of carbonyl (C=O) groups excluding carboxylic acids is 2. The number of esters is 1. The Kier molecular flexibility index (Phi) is 6.36. The predicted octanol–water partition coefficient (Wildman–Crippen LogP) is 3.15. The van der Waals surface area contributed by atoms with Gasteiger partial charge in [0, 0.05) is 13.1 Å². The third-order valence-electron chi connectivity index (χ3n) is 5.14. The van der Waals surface area contributed by atoms with Gasteiger partial charge in [-0.3, -0.25) is 4.79 Å². The highest BCUT2D eigenvalue weighted by Crippen LogP contribution is 2.26. The zero-order valence-corrected chi connectivity index (χ0v) is 15.2. The Morgan fingerprint density at radius 3 is 2.42 bits per heavy atom. The third kappa shape index (κ3) is 4.90. The molecule has 0 radical (unpaired) electrons. The average Bonchev–Trinajstić information content (AvgIpc) is 2.99. The smallest absolute Gasteiger partial charge is 0.338 e. The highest BCUT2D eigenvalue weighted by Gasteiger charge is 2.21. The molecule has 1 amide bonds. The fraction of sp³-hybridized carbons (Fsp3) is 0.600. The van der Waals surface area contributed by atoms with Gasteiger partial charge in [-0.25, -0.2) is 4.79 Å². The maximum absolute atomic E-state index is 12.4. The topological polar surface area (TPSA) is 81.9 Å². The minimum Gasteiger partial charge on any atom is -0.482 e. The maximum atomic E-state index is 12.4. The number of anilines is 1. The van der Waals surface area contributed by atoms with Gasteiger partial charge in [0.2, 0.25) is 0 Å². The maximum Gasteiger partial charge on any atom is 0.338 e. The Balaban J connectivity index is 1.58. The van der Waals surface area contributed by atoms with Crippen molar-refractivity contribution in [2.24, 2.45) is 0 Å². The summed E-state index contributed by atoms with van der Waals surface area (Å²) in [7, 11) is 0. The number of ether oxygens (including phenoxy) is 2. The van der Waals surface area contributed by atoms with Crippen molar-refractivity contribution in [3.63, 3.8) is 0 Å². The van der Waals surface area contributed by atoms with Gasteiger partial charge in [0.05, 0.1) is 11.3 Å². The lowest BCUT2D eigenvalue weighted by Gasteiger charge is -2.20. The van der Waals surface area contributed by atoms with E-state index in [1.807, 2.05) is 4.90 Å². The molecule has 6 nitrogen and oxygen atoms in total. The Morgan fingerprint density at radius 1 is 1.04 bits per heavy atom. The van der Waals surface area contributed by atoms with Crippen LogP contribution in [0, 0.1) is 0 Å². The van der Waals surface area contributed by atoms with Gasteiger partial charge in [-0.15, -0.1) is 0 Å². The first-order chi connectivity index (χ1) is 12.6. The minimum atomic E-state index is -0.361. The standard InChI is InChI=1S/C20H28N2O4/c21-17-10-9-15(20(24)26-16-7-3-4-8-16)13-18(17)25-14-19(23)22-11-5-1-2-6-12-22/h9-10,13,16H,1-8,11-12,14,21H2. The van der Waals surface area contributed by atoms with Gasteiger partial charge < -0.3 is 20.1 Å². The minimum absolute atomic E-state index is 0.00837. The normalized spacial score (nSPS) is 18.4. The summed E-state index contributed by atoms with van der Waals surface area (Å²) in [5.41, 5.74) is 6.76. The zero-order chi connectivity index (χ0) is 18.4. The van der Waals surface area contributed by atoms with Crippen LogP contribution in [0.4, 0.5) is 5.69 Å². The van der Waals surface area contributed by atoms with E-state index in [0.29, 0.717) is 17.0 Å². The Labute approximate surface area is 154 Å². The van der Waals surface area contributed by atoms with Gasteiger partial charge in [-0.1, -0.05) is 12.8 Å². The molecular formula is C20H28N2O4. The van der Waals surface area contributed by atoms with Gasteiger partial charge in [-0.2, -0.15) is 0 Å². The van der Waals surface area contributed by atoms with Crippen LogP contribution < -0.4 is 10.5 Å². The van der Waals surface area contributed by atoms with Gasteiger partial charge in [0.15, 0.2) is 6.61 Å². The second-order valence-electron chi connectivity index (χ2n) is 7.15. The summed E-state index contributed by atoms with van der Waals surface area (Å²) in [6.07, 6.45) is 8.48. The van der Waals surface area contributed by atoms with Crippen LogP contribution in [0.5, 0.6) is 5.75 Å². The van der Waals surface area contributed by atoms with Crippen LogP contribution in [0.25, 0.3) is 0 Å². The van der Waals surface area contributed by atoms with Crippen molar-refractivity contribution in [1.29, 1.82) is 0 Å². The van der Waals surface area contributed by atoms with E-state index in [0.717, 1.165) is 51.6 Å². The average molecular weight is 360 g/mol. The molecule has 1 aliphatic carbocycles. The quantitative estimate of drug-likeness (QED) is 0.644. The number of benzene rings is 1. The van der Waals surface area contributed by atoms with E-state index in [9.17, 15) is 9.59 Å². The molecule has 142 valence electrons. The molecule has 0 atom stereocenters. The summed E-state index contributed by atoms with van der Waals surface area (Å²) in [6, 6.07) is 4.83. The van der Waals surface area contributed by atoms with Crippen LogP contribution in [-0.2, 0) is 9.53 Å². The number of rotatable bonds is 5. The van der Waals surface area contributed by atoms with Gasteiger partial charge in [0.1, 0.15) is 11.9 Å². The highest BCUT2D eigenvalue weighted by atomic mass is 16.5. The summed E-state index contributed by atoms with van der Waals surface area (Å²) < 4.78 is 11.1. The van der Waals surface area contributed by atoms with E-state index in [2.05, 4.69) is 0 Å². The summed E-state index contributed by atoms with van der Waals surface area (Å²) >= 11 is 0. The monoisotopic (exact) mass is 360 g/mol. The zero-order valence-electron chi connectivity index (χ0n) is 15.2. The largest absolute Gasteiger partial charge is 0.482 e. The van der Waals surface area contributed by atoms with Gasteiger partial charge >= 0.3 is 5.97 Å². The number of nitrogen functional groups attached to an aromatic ring is 1. The molecule has 2 fully saturated rings. The van der Waals surface area contributed by atoms with Crippen molar-refractivity contribution < 1.29 is 19.1 Å². The van der Waals surface area contributed by atoms with Crippen LogP contribution in [0.15, 0.2) is 18.2 Å². The first-order valence-corrected chi connectivity index (χ1v) is 9.64. The molecule has 2 aliphatic rings. The number of nitrogens with two attached hydrogens (primary N) is 1. The molecule has 0 spiro atoms. The van der Waals surface area contributed by atoms with E-state index < -0.39 is 0 Å². The molecule has 1 heterocycles. The van der Waals surface area contributed by atoms with Crippen LogP contribution in [0.3, 0.4) is 0 Å².